The van der Waals surface area contributed by atoms with Crippen molar-refractivity contribution >= 4 is 10.0 Å². The maximum Gasteiger partial charge on any atom is 0.240 e. The lowest BCUT2D eigenvalue weighted by Crippen LogP contribution is -2.38. The minimum Gasteiger partial charge on any atom is -0.493 e. The van der Waals surface area contributed by atoms with Gasteiger partial charge < -0.3 is 14.6 Å². The third-order valence-electron chi connectivity index (χ3n) is 4.30. The van der Waals surface area contributed by atoms with E-state index < -0.39 is 10.0 Å². The Morgan fingerprint density at radius 2 is 1.82 bits per heavy atom. The standard InChI is InChI=1S/C15H23NO5S/c1-20-13-6-5-12(9-14(13)21-2)22(18,19)16-10-15(11-17)7-3-4-8-15/h5-6,9,16-17H,3-4,7-8,10-11H2,1-2H3. The van der Waals surface area contributed by atoms with Crippen LogP contribution in [0.1, 0.15) is 25.7 Å². The van der Waals surface area contributed by atoms with E-state index in [2.05, 4.69) is 4.72 Å². The Labute approximate surface area is 131 Å². The highest BCUT2D eigenvalue weighted by Gasteiger charge is 2.34. The van der Waals surface area contributed by atoms with Crippen molar-refractivity contribution in [2.24, 2.45) is 5.41 Å². The maximum absolute atomic E-state index is 12.4. The first kappa shape index (κ1) is 17.1. The van der Waals surface area contributed by atoms with E-state index in [9.17, 15) is 13.5 Å². The molecule has 1 aromatic rings. The summed E-state index contributed by atoms with van der Waals surface area (Å²) in [6, 6.07) is 4.47. The number of sulfonamides is 1. The quantitative estimate of drug-likeness (QED) is 0.792. The number of rotatable bonds is 7. The summed E-state index contributed by atoms with van der Waals surface area (Å²) in [5.74, 6) is 0.840. The number of aliphatic hydroxyl groups excluding tert-OH is 1. The van der Waals surface area contributed by atoms with Gasteiger partial charge in [0, 0.05) is 24.6 Å². The molecule has 1 aromatic carbocycles. The summed E-state index contributed by atoms with van der Waals surface area (Å²) < 4.78 is 37.7. The van der Waals surface area contributed by atoms with Crippen molar-refractivity contribution in [3.8, 4) is 11.5 Å². The molecule has 6 nitrogen and oxygen atoms in total. The van der Waals surface area contributed by atoms with Crippen molar-refractivity contribution in [1.29, 1.82) is 0 Å². The van der Waals surface area contributed by atoms with E-state index in [1.165, 1.54) is 26.4 Å². The molecule has 124 valence electrons. The zero-order valence-corrected chi connectivity index (χ0v) is 13.8. The van der Waals surface area contributed by atoms with E-state index in [0.29, 0.717) is 11.5 Å². The van der Waals surface area contributed by atoms with Crippen LogP contribution in [0.5, 0.6) is 11.5 Å². The summed E-state index contributed by atoms with van der Waals surface area (Å²) in [4.78, 5) is 0.122. The minimum atomic E-state index is -3.65. The largest absolute Gasteiger partial charge is 0.493 e. The first-order valence-corrected chi connectivity index (χ1v) is 8.77. The lowest BCUT2D eigenvalue weighted by molar-refractivity contribution is 0.134. The fourth-order valence-electron chi connectivity index (χ4n) is 2.83. The predicted octanol–water partition coefficient (Wildman–Crippen LogP) is 1.53. The second-order valence-electron chi connectivity index (χ2n) is 5.71. The van der Waals surface area contributed by atoms with Crippen LogP contribution in [0, 0.1) is 5.41 Å². The Kier molecular flexibility index (Phi) is 5.31. The van der Waals surface area contributed by atoms with Crippen LogP contribution in [0.25, 0.3) is 0 Å². The van der Waals surface area contributed by atoms with Gasteiger partial charge in [0.2, 0.25) is 10.0 Å². The third kappa shape index (κ3) is 3.53. The zero-order valence-electron chi connectivity index (χ0n) is 13.0. The van der Waals surface area contributed by atoms with Crippen molar-refractivity contribution in [2.45, 2.75) is 30.6 Å². The van der Waals surface area contributed by atoms with Gasteiger partial charge in [0.05, 0.1) is 19.1 Å². The van der Waals surface area contributed by atoms with Gasteiger partial charge in [-0.3, -0.25) is 0 Å². The molecule has 22 heavy (non-hydrogen) atoms. The maximum atomic E-state index is 12.4. The summed E-state index contributed by atoms with van der Waals surface area (Å²) in [6.07, 6.45) is 3.74. The highest BCUT2D eigenvalue weighted by molar-refractivity contribution is 7.89. The van der Waals surface area contributed by atoms with E-state index in [-0.39, 0.29) is 23.5 Å². The Hall–Kier alpha value is -1.31. The smallest absolute Gasteiger partial charge is 0.240 e. The van der Waals surface area contributed by atoms with Gasteiger partial charge in [0.15, 0.2) is 11.5 Å². The van der Waals surface area contributed by atoms with Crippen LogP contribution in [-0.2, 0) is 10.0 Å². The number of methoxy groups -OCH3 is 2. The van der Waals surface area contributed by atoms with Gasteiger partial charge in [0.1, 0.15) is 0 Å². The van der Waals surface area contributed by atoms with Gasteiger partial charge in [-0.2, -0.15) is 0 Å². The molecule has 0 saturated heterocycles. The summed E-state index contributed by atoms with van der Waals surface area (Å²) in [6.45, 7) is 0.252. The topological polar surface area (TPSA) is 84.9 Å². The molecule has 0 atom stereocenters. The van der Waals surface area contributed by atoms with Gasteiger partial charge in [-0.1, -0.05) is 12.8 Å². The van der Waals surface area contributed by atoms with Gasteiger partial charge >= 0.3 is 0 Å². The number of hydrogen-bond donors (Lipinski definition) is 2. The highest BCUT2D eigenvalue weighted by Crippen LogP contribution is 2.37. The molecule has 0 aliphatic heterocycles. The first-order chi connectivity index (χ1) is 10.5. The fraction of sp³-hybridized carbons (Fsp3) is 0.600. The van der Waals surface area contributed by atoms with Crippen LogP contribution in [0.4, 0.5) is 0 Å². The summed E-state index contributed by atoms with van der Waals surface area (Å²) in [5.41, 5.74) is -0.330. The highest BCUT2D eigenvalue weighted by atomic mass is 32.2. The minimum absolute atomic E-state index is 0.00144. The van der Waals surface area contributed by atoms with Gasteiger partial charge in [-0.25, -0.2) is 13.1 Å². The number of ether oxygens (including phenoxy) is 2. The third-order valence-corrected chi connectivity index (χ3v) is 5.70. The summed E-state index contributed by atoms with van der Waals surface area (Å²) in [5, 5.41) is 9.56. The van der Waals surface area contributed by atoms with Crippen molar-refractivity contribution in [3.05, 3.63) is 18.2 Å². The second-order valence-corrected chi connectivity index (χ2v) is 7.47. The lowest BCUT2D eigenvalue weighted by Gasteiger charge is -2.26. The van der Waals surface area contributed by atoms with Crippen LogP contribution in [0.2, 0.25) is 0 Å². The van der Waals surface area contributed by atoms with Crippen LogP contribution >= 0.6 is 0 Å². The SMILES string of the molecule is COc1ccc(S(=O)(=O)NCC2(CO)CCCC2)cc1OC. The average Bonchev–Trinajstić information content (AvgIpc) is 3.02. The molecule has 0 aromatic heterocycles. The van der Waals surface area contributed by atoms with Crippen LogP contribution in [0.15, 0.2) is 23.1 Å². The van der Waals surface area contributed by atoms with Gasteiger partial charge in [0.25, 0.3) is 0 Å². The molecule has 0 spiro atoms. The molecule has 0 amide bonds. The number of nitrogens with one attached hydrogen (secondary N) is 1. The Bertz CT molecular complexity index is 608. The van der Waals surface area contributed by atoms with E-state index in [4.69, 9.17) is 9.47 Å². The average molecular weight is 329 g/mol. The molecule has 1 saturated carbocycles. The number of aliphatic hydroxyl groups is 1. The van der Waals surface area contributed by atoms with Gasteiger partial charge in [-0.05, 0) is 25.0 Å². The van der Waals surface area contributed by atoms with Crippen molar-refractivity contribution in [1.82, 2.24) is 4.72 Å². The molecule has 0 radical (unpaired) electrons. The number of benzene rings is 1. The molecule has 1 fully saturated rings. The van der Waals surface area contributed by atoms with Crippen LogP contribution in [-0.4, -0.2) is 40.9 Å². The normalized spacial score (nSPS) is 17.4. The first-order valence-electron chi connectivity index (χ1n) is 7.29. The molecule has 1 aliphatic rings. The van der Waals surface area contributed by atoms with E-state index >= 15 is 0 Å². The number of hydrogen-bond acceptors (Lipinski definition) is 5. The molecule has 1 aliphatic carbocycles. The molecule has 2 rings (SSSR count). The summed E-state index contributed by atoms with van der Waals surface area (Å²) in [7, 11) is -0.696. The molecular weight excluding hydrogens is 306 g/mol. The van der Waals surface area contributed by atoms with Crippen molar-refractivity contribution < 1.29 is 23.0 Å². The van der Waals surface area contributed by atoms with Crippen LogP contribution in [0.3, 0.4) is 0 Å². The molecule has 2 N–H and O–H groups in total. The molecule has 0 heterocycles. The van der Waals surface area contributed by atoms with E-state index in [1.54, 1.807) is 6.07 Å². The molecule has 7 heteroatoms. The molecular formula is C15H23NO5S. The van der Waals surface area contributed by atoms with E-state index in [1.807, 2.05) is 0 Å². The Morgan fingerprint density at radius 1 is 1.18 bits per heavy atom. The zero-order chi connectivity index (χ0) is 16.2. The molecule has 0 bridgehead atoms. The van der Waals surface area contributed by atoms with Crippen molar-refractivity contribution in [3.63, 3.8) is 0 Å². The second kappa shape index (κ2) is 6.85. The Morgan fingerprint density at radius 3 is 2.36 bits per heavy atom. The fourth-order valence-corrected chi connectivity index (χ4v) is 4.00. The van der Waals surface area contributed by atoms with E-state index in [0.717, 1.165) is 25.7 Å². The summed E-state index contributed by atoms with van der Waals surface area (Å²) >= 11 is 0. The lowest BCUT2D eigenvalue weighted by atomic mass is 9.88. The predicted molar refractivity (Wildman–Crippen MR) is 82.7 cm³/mol. The van der Waals surface area contributed by atoms with Gasteiger partial charge in [-0.15, -0.1) is 0 Å². The molecule has 0 unspecified atom stereocenters. The Balaban J connectivity index is 2.16. The van der Waals surface area contributed by atoms with Crippen molar-refractivity contribution in [2.75, 3.05) is 27.4 Å². The van der Waals surface area contributed by atoms with Crippen LogP contribution < -0.4 is 14.2 Å². The monoisotopic (exact) mass is 329 g/mol.